The largest absolute Gasteiger partial charge is 0.480 e. The molecule has 2 unspecified atom stereocenters. The van der Waals surface area contributed by atoms with Crippen LogP contribution in [-0.4, -0.2) is 36.6 Å². The van der Waals surface area contributed by atoms with Gasteiger partial charge in [0.15, 0.2) is 5.16 Å². The van der Waals surface area contributed by atoms with Crippen molar-refractivity contribution in [2.75, 3.05) is 0 Å². The van der Waals surface area contributed by atoms with Crippen molar-refractivity contribution in [2.45, 2.75) is 54.1 Å². The molecule has 1 aromatic heterocycles. The zero-order valence-corrected chi connectivity index (χ0v) is 11.2. The molecule has 2 fully saturated rings. The summed E-state index contributed by atoms with van der Waals surface area (Å²) in [5.74, 6) is -0.947. The third-order valence-electron chi connectivity index (χ3n) is 3.79. The summed E-state index contributed by atoms with van der Waals surface area (Å²) < 4.78 is 1.68. The van der Waals surface area contributed by atoms with Crippen LogP contribution in [0.2, 0.25) is 0 Å². The van der Waals surface area contributed by atoms with Crippen LogP contribution < -0.4 is 11.4 Å². The number of H-pyrrole nitrogens is 1. The third-order valence-corrected chi connectivity index (χ3v) is 5.02. The van der Waals surface area contributed by atoms with E-state index in [1.165, 1.54) is 11.8 Å². The molecule has 0 bridgehead atoms. The van der Waals surface area contributed by atoms with Crippen molar-refractivity contribution < 1.29 is 9.90 Å². The van der Waals surface area contributed by atoms with Crippen molar-refractivity contribution in [3.8, 4) is 0 Å². The summed E-state index contributed by atoms with van der Waals surface area (Å²) in [6, 6.07) is 0.261. The maximum atomic E-state index is 11.6. The van der Waals surface area contributed by atoms with Gasteiger partial charge in [0.05, 0.1) is 0 Å². The van der Waals surface area contributed by atoms with Gasteiger partial charge in [-0.3, -0.25) is 9.36 Å². The van der Waals surface area contributed by atoms with E-state index in [4.69, 9.17) is 10.8 Å². The summed E-state index contributed by atoms with van der Waals surface area (Å²) in [6.45, 7) is 0. The molecule has 0 saturated heterocycles. The summed E-state index contributed by atoms with van der Waals surface area (Å²) in [4.78, 5) is 22.7. The lowest BCUT2D eigenvalue weighted by molar-refractivity contribution is -0.143. The quantitative estimate of drug-likeness (QED) is 0.734. The number of rotatable bonds is 4. The Hall–Kier alpha value is -1.28. The van der Waals surface area contributed by atoms with E-state index in [1.807, 2.05) is 0 Å². The van der Waals surface area contributed by atoms with Gasteiger partial charge in [-0.1, -0.05) is 11.8 Å². The van der Waals surface area contributed by atoms with Crippen LogP contribution in [0.15, 0.2) is 9.95 Å². The molecular formula is C11H16N4O3S. The van der Waals surface area contributed by atoms with E-state index in [0.29, 0.717) is 18.0 Å². The lowest BCUT2D eigenvalue weighted by atomic mass is 10.0. The molecule has 0 spiro atoms. The zero-order chi connectivity index (χ0) is 13.6. The van der Waals surface area contributed by atoms with Crippen LogP contribution in [0.25, 0.3) is 0 Å². The standard InChI is InChI=1S/C11H16N4O3S/c12-11(8(16)17)4-3-7(5-11)19-10-14-13-9(18)15(10)6-1-2-6/h6-7H,1-5,12H2,(H,13,18)(H,16,17). The molecule has 0 aromatic carbocycles. The Morgan fingerprint density at radius 1 is 1.53 bits per heavy atom. The second kappa shape index (κ2) is 4.38. The number of aliphatic carboxylic acids is 1. The van der Waals surface area contributed by atoms with Gasteiger partial charge in [-0.25, -0.2) is 9.89 Å². The van der Waals surface area contributed by atoms with E-state index in [0.717, 1.165) is 19.3 Å². The Labute approximate surface area is 113 Å². The van der Waals surface area contributed by atoms with Crippen LogP contribution in [0.5, 0.6) is 0 Å². The summed E-state index contributed by atoms with van der Waals surface area (Å²) >= 11 is 1.46. The number of thioether (sulfide) groups is 1. The van der Waals surface area contributed by atoms with Crippen molar-refractivity contribution in [2.24, 2.45) is 5.73 Å². The lowest BCUT2D eigenvalue weighted by Gasteiger charge is -2.17. The highest BCUT2D eigenvalue weighted by molar-refractivity contribution is 7.99. The first kappa shape index (κ1) is 12.7. The Kier molecular flexibility index (Phi) is 2.94. The first-order chi connectivity index (χ1) is 8.99. The van der Waals surface area contributed by atoms with E-state index >= 15 is 0 Å². The molecule has 7 nitrogen and oxygen atoms in total. The number of hydrogen-bond donors (Lipinski definition) is 3. The number of carbonyl (C=O) groups is 1. The predicted octanol–water partition coefficient (Wildman–Crippen LogP) is 0.333. The second-order valence-electron chi connectivity index (χ2n) is 5.36. The van der Waals surface area contributed by atoms with Gasteiger partial charge in [0, 0.05) is 11.3 Å². The fourth-order valence-corrected chi connectivity index (χ4v) is 3.86. The van der Waals surface area contributed by atoms with Gasteiger partial charge in [0.25, 0.3) is 0 Å². The topological polar surface area (TPSA) is 114 Å². The van der Waals surface area contributed by atoms with E-state index in [-0.39, 0.29) is 17.0 Å². The average Bonchev–Trinajstić information content (AvgIpc) is 3.02. The van der Waals surface area contributed by atoms with Gasteiger partial charge in [0.1, 0.15) is 5.54 Å². The minimum Gasteiger partial charge on any atom is -0.480 e. The first-order valence-electron chi connectivity index (χ1n) is 6.35. The monoisotopic (exact) mass is 284 g/mol. The molecule has 0 radical (unpaired) electrons. The summed E-state index contributed by atoms with van der Waals surface area (Å²) in [5, 5.41) is 16.4. The van der Waals surface area contributed by atoms with Crippen molar-refractivity contribution in [3.63, 3.8) is 0 Å². The van der Waals surface area contributed by atoms with Crippen LogP contribution in [0, 0.1) is 0 Å². The predicted molar refractivity (Wildman–Crippen MR) is 69.2 cm³/mol. The molecule has 8 heteroatoms. The fraction of sp³-hybridized carbons (Fsp3) is 0.727. The van der Waals surface area contributed by atoms with Gasteiger partial charge in [-0.15, -0.1) is 5.10 Å². The van der Waals surface area contributed by atoms with Gasteiger partial charge in [-0.05, 0) is 32.1 Å². The molecule has 0 aliphatic heterocycles. The minimum absolute atomic E-state index is 0.105. The van der Waals surface area contributed by atoms with Crippen LogP contribution in [0.3, 0.4) is 0 Å². The Balaban J connectivity index is 1.73. The van der Waals surface area contributed by atoms with Gasteiger partial charge in [-0.2, -0.15) is 0 Å². The molecule has 2 aliphatic rings. The molecule has 0 amide bonds. The SMILES string of the molecule is NC1(C(=O)O)CCC(Sc2n[nH]c(=O)n2C2CC2)C1. The number of hydrogen-bond acceptors (Lipinski definition) is 5. The van der Waals surface area contributed by atoms with Crippen LogP contribution >= 0.6 is 11.8 Å². The van der Waals surface area contributed by atoms with Crippen LogP contribution in [0.1, 0.15) is 38.1 Å². The van der Waals surface area contributed by atoms with Gasteiger partial charge >= 0.3 is 11.7 Å². The molecular weight excluding hydrogens is 268 g/mol. The molecule has 1 heterocycles. The normalized spacial score (nSPS) is 30.7. The maximum absolute atomic E-state index is 11.6. The molecule has 19 heavy (non-hydrogen) atoms. The molecule has 2 atom stereocenters. The van der Waals surface area contributed by atoms with Crippen LogP contribution in [-0.2, 0) is 4.79 Å². The Morgan fingerprint density at radius 2 is 2.26 bits per heavy atom. The van der Waals surface area contributed by atoms with Crippen molar-refractivity contribution in [1.29, 1.82) is 0 Å². The highest BCUT2D eigenvalue weighted by atomic mass is 32.2. The third kappa shape index (κ3) is 2.30. The van der Waals surface area contributed by atoms with E-state index in [9.17, 15) is 9.59 Å². The smallest absolute Gasteiger partial charge is 0.344 e. The number of aromatic amines is 1. The summed E-state index contributed by atoms with van der Waals surface area (Å²) in [5.41, 5.74) is 4.55. The average molecular weight is 284 g/mol. The number of aromatic nitrogens is 3. The number of carboxylic acid groups (broad SMARTS) is 1. The number of nitrogens with two attached hydrogens (primary N) is 1. The highest BCUT2D eigenvalue weighted by Gasteiger charge is 2.43. The second-order valence-corrected chi connectivity index (χ2v) is 6.62. The number of carboxylic acids is 1. The summed E-state index contributed by atoms with van der Waals surface area (Å²) in [6.07, 6.45) is 3.64. The van der Waals surface area contributed by atoms with Gasteiger partial charge < -0.3 is 10.8 Å². The molecule has 1 aromatic rings. The van der Waals surface area contributed by atoms with Crippen molar-refractivity contribution in [3.05, 3.63) is 10.5 Å². The number of nitrogens with zero attached hydrogens (tertiary/aromatic N) is 2. The Bertz CT molecular complexity index is 565. The molecule has 104 valence electrons. The molecule has 3 rings (SSSR count). The minimum atomic E-state index is -1.13. The lowest BCUT2D eigenvalue weighted by Crippen LogP contribution is -2.45. The van der Waals surface area contributed by atoms with E-state index in [2.05, 4.69) is 10.2 Å². The molecule has 2 saturated carbocycles. The first-order valence-corrected chi connectivity index (χ1v) is 7.23. The zero-order valence-electron chi connectivity index (χ0n) is 10.3. The number of nitrogens with one attached hydrogen (secondary N) is 1. The van der Waals surface area contributed by atoms with Crippen LogP contribution in [0.4, 0.5) is 0 Å². The Morgan fingerprint density at radius 3 is 2.84 bits per heavy atom. The van der Waals surface area contributed by atoms with E-state index in [1.54, 1.807) is 4.57 Å². The fourth-order valence-electron chi connectivity index (χ4n) is 2.50. The van der Waals surface area contributed by atoms with E-state index < -0.39 is 11.5 Å². The maximum Gasteiger partial charge on any atom is 0.344 e. The highest BCUT2D eigenvalue weighted by Crippen LogP contribution is 2.41. The van der Waals surface area contributed by atoms with Crippen molar-refractivity contribution >= 4 is 17.7 Å². The molecule has 4 N–H and O–H groups in total. The summed E-state index contributed by atoms with van der Waals surface area (Å²) in [7, 11) is 0. The van der Waals surface area contributed by atoms with Gasteiger partial charge in [0.2, 0.25) is 0 Å². The van der Waals surface area contributed by atoms with Crippen molar-refractivity contribution in [1.82, 2.24) is 14.8 Å². The molecule has 2 aliphatic carbocycles.